The molecule has 0 spiro atoms. The van der Waals surface area contributed by atoms with E-state index in [4.69, 9.17) is 10.5 Å². The number of nitrogens with one attached hydrogen (secondary N) is 1. The molecule has 0 heterocycles. The molecule has 4 N–H and O–H groups in total. The van der Waals surface area contributed by atoms with Gasteiger partial charge in [0.2, 0.25) is 0 Å². The standard InChI is InChI=1S/C15H22N2O3/c1-20-11-6-7-12(14(18)8-11)15(19)17-9-10-4-2-3-5-13(10)16/h6-8,10,13,18H,2-5,9,16H2,1H3,(H,17,19). The summed E-state index contributed by atoms with van der Waals surface area (Å²) in [5.41, 5.74) is 6.31. The molecule has 1 saturated carbocycles. The number of methoxy groups -OCH3 is 1. The number of phenolic OH excluding ortho intramolecular Hbond substituents is 1. The molecule has 2 unspecified atom stereocenters. The lowest BCUT2D eigenvalue weighted by Crippen LogP contribution is -2.41. The molecular weight excluding hydrogens is 256 g/mol. The summed E-state index contributed by atoms with van der Waals surface area (Å²) in [6, 6.07) is 4.81. The number of hydrogen-bond donors (Lipinski definition) is 3. The van der Waals surface area contributed by atoms with Crippen LogP contribution >= 0.6 is 0 Å². The molecule has 0 aliphatic heterocycles. The fourth-order valence-corrected chi connectivity index (χ4v) is 2.64. The van der Waals surface area contributed by atoms with Crippen molar-refractivity contribution in [2.75, 3.05) is 13.7 Å². The molecule has 2 atom stereocenters. The van der Waals surface area contributed by atoms with Crippen molar-refractivity contribution in [1.82, 2.24) is 5.32 Å². The van der Waals surface area contributed by atoms with E-state index in [9.17, 15) is 9.90 Å². The second-order valence-corrected chi connectivity index (χ2v) is 5.30. The van der Waals surface area contributed by atoms with E-state index in [0.29, 0.717) is 18.2 Å². The van der Waals surface area contributed by atoms with Crippen molar-refractivity contribution in [2.45, 2.75) is 31.7 Å². The van der Waals surface area contributed by atoms with Crippen molar-refractivity contribution < 1.29 is 14.6 Å². The Kier molecular flexibility index (Phi) is 4.84. The topological polar surface area (TPSA) is 84.6 Å². The van der Waals surface area contributed by atoms with Gasteiger partial charge < -0.3 is 20.9 Å². The van der Waals surface area contributed by atoms with E-state index in [-0.39, 0.29) is 23.3 Å². The highest BCUT2D eigenvalue weighted by molar-refractivity contribution is 5.97. The van der Waals surface area contributed by atoms with Crippen LogP contribution in [-0.4, -0.2) is 30.7 Å². The molecule has 2 rings (SSSR count). The number of phenols is 1. The van der Waals surface area contributed by atoms with Crippen LogP contribution in [0.1, 0.15) is 36.0 Å². The number of carbonyl (C=O) groups excluding carboxylic acids is 1. The van der Waals surface area contributed by atoms with Crippen LogP contribution in [-0.2, 0) is 0 Å². The van der Waals surface area contributed by atoms with Gasteiger partial charge in [-0.2, -0.15) is 0 Å². The number of amides is 1. The SMILES string of the molecule is COc1ccc(C(=O)NCC2CCCCC2N)c(O)c1. The second kappa shape index (κ2) is 6.61. The summed E-state index contributed by atoms with van der Waals surface area (Å²) in [5.74, 6) is 0.499. The molecule has 0 radical (unpaired) electrons. The van der Waals surface area contributed by atoms with E-state index in [1.807, 2.05) is 0 Å². The van der Waals surface area contributed by atoms with Crippen LogP contribution in [0.25, 0.3) is 0 Å². The monoisotopic (exact) mass is 278 g/mol. The van der Waals surface area contributed by atoms with Crippen molar-refractivity contribution in [3.05, 3.63) is 23.8 Å². The van der Waals surface area contributed by atoms with Gasteiger partial charge in [-0.15, -0.1) is 0 Å². The number of benzene rings is 1. The zero-order valence-corrected chi connectivity index (χ0v) is 11.8. The number of ether oxygens (including phenoxy) is 1. The zero-order valence-electron chi connectivity index (χ0n) is 11.8. The average molecular weight is 278 g/mol. The van der Waals surface area contributed by atoms with E-state index >= 15 is 0 Å². The predicted octanol–water partition coefficient (Wildman–Crippen LogP) is 1.65. The van der Waals surface area contributed by atoms with Gasteiger partial charge in [-0.3, -0.25) is 4.79 Å². The summed E-state index contributed by atoms with van der Waals surface area (Å²) >= 11 is 0. The molecule has 110 valence electrons. The minimum atomic E-state index is -0.275. The maximum Gasteiger partial charge on any atom is 0.255 e. The van der Waals surface area contributed by atoms with Crippen molar-refractivity contribution >= 4 is 5.91 Å². The van der Waals surface area contributed by atoms with Crippen LogP contribution in [0, 0.1) is 5.92 Å². The summed E-state index contributed by atoms with van der Waals surface area (Å²) in [4.78, 5) is 12.1. The van der Waals surface area contributed by atoms with Gasteiger partial charge in [-0.25, -0.2) is 0 Å². The largest absolute Gasteiger partial charge is 0.507 e. The first-order valence-electron chi connectivity index (χ1n) is 7.02. The molecule has 1 aliphatic carbocycles. The van der Waals surface area contributed by atoms with E-state index in [1.165, 1.54) is 26.0 Å². The molecule has 0 bridgehead atoms. The maximum atomic E-state index is 12.1. The first-order chi connectivity index (χ1) is 9.61. The van der Waals surface area contributed by atoms with Gasteiger partial charge in [0.15, 0.2) is 0 Å². The van der Waals surface area contributed by atoms with Crippen molar-refractivity contribution in [3.63, 3.8) is 0 Å². The Bertz CT molecular complexity index is 476. The van der Waals surface area contributed by atoms with Crippen LogP contribution in [0.4, 0.5) is 0 Å². The van der Waals surface area contributed by atoms with Crippen LogP contribution in [0.2, 0.25) is 0 Å². The molecule has 1 amide bonds. The molecule has 1 fully saturated rings. The van der Waals surface area contributed by atoms with E-state index < -0.39 is 0 Å². The quantitative estimate of drug-likeness (QED) is 0.782. The highest BCUT2D eigenvalue weighted by Gasteiger charge is 2.22. The number of rotatable bonds is 4. The normalized spacial score (nSPS) is 22.3. The minimum absolute atomic E-state index is 0.0743. The van der Waals surface area contributed by atoms with Gasteiger partial charge in [0.05, 0.1) is 12.7 Å². The van der Waals surface area contributed by atoms with Crippen LogP contribution in [0.15, 0.2) is 18.2 Å². The molecule has 1 aromatic rings. The van der Waals surface area contributed by atoms with E-state index in [1.54, 1.807) is 12.1 Å². The predicted molar refractivity (Wildman–Crippen MR) is 76.9 cm³/mol. The van der Waals surface area contributed by atoms with Gasteiger partial charge in [-0.05, 0) is 30.9 Å². The van der Waals surface area contributed by atoms with Gasteiger partial charge >= 0.3 is 0 Å². The summed E-state index contributed by atoms with van der Waals surface area (Å²) in [5, 5.41) is 12.7. The summed E-state index contributed by atoms with van der Waals surface area (Å²) in [6.45, 7) is 0.561. The lowest BCUT2D eigenvalue weighted by molar-refractivity contribution is 0.0938. The summed E-state index contributed by atoms with van der Waals surface area (Å²) in [7, 11) is 1.51. The van der Waals surface area contributed by atoms with Crippen LogP contribution in [0.3, 0.4) is 0 Å². The van der Waals surface area contributed by atoms with Gasteiger partial charge in [0.1, 0.15) is 11.5 Å². The maximum absolute atomic E-state index is 12.1. The van der Waals surface area contributed by atoms with E-state index in [2.05, 4.69) is 5.32 Å². The summed E-state index contributed by atoms with van der Waals surface area (Å²) < 4.78 is 4.99. The van der Waals surface area contributed by atoms with Gasteiger partial charge in [0, 0.05) is 18.7 Å². The molecule has 20 heavy (non-hydrogen) atoms. The lowest BCUT2D eigenvalue weighted by atomic mass is 9.85. The number of aromatic hydroxyl groups is 1. The zero-order chi connectivity index (χ0) is 14.5. The fourth-order valence-electron chi connectivity index (χ4n) is 2.64. The third-order valence-electron chi connectivity index (χ3n) is 3.94. The van der Waals surface area contributed by atoms with E-state index in [0.717, 1.165) is 12.8 Å². The number of carbonyl (C=O) groups is 1. The summed E-state index contributed by atoms with van der Waals surface area (Å²) in [6.07, 6.45) is 4.41. The molecule has 5 nitrogen and oxygen atoms in total. The first-order valence-corrected chi connectivity index (χ1v) is 7.02. The molecular formula is C15H22N2O3. The Morgan fingerprint density at radius 3 is 2.85 bits per heavy atom. The first kappa shape index (κ1) is 14.7. The lowest BCUT2D eigenvalue weighted by Gasteiger charge is -2.28. The second-order valence-electron chi connectivity index (χ2n) is 5.30. The molecule has 1 aromatic carbocycles. The Hall–Kier alpha value is -1.75. The van der Waals surface area contributed by atoms with Crippen molar-refractivity contribution in [3.8, 4) is 11.5 Å². The molecule has 1 aliphatic rings. The Labute approximate surface area is 119 Å². The highest BCUT2D eigenvalue weighted by Crippen LogP contribution is 2.24. The third-order valence-corrected chi connectivity index (χ3v) is 3.94. The minimum Gasteiger partial charge on any atom is -0.507 e. The molecule has 0 saturated heterocycles. The smallest absolute Gasteiger partial charge is 0.255 e. The van der Waals surface area contributed by atoms with Gasteiger partial charge in [0.25, 0.3) is 5.91 Å². The van der Waals surface area contributed by atoms with Crippen LogP contribution in [0.5, 0.6) is 11.5 Å². The molecule has 0 aromatic heterocycles. The van der Waals surface area contributed by atoms with Crippen LogP contribution < -0.4 is 15.8 Å². The van der Waals surface area contributed by atoms with Crippen molar-refractivity contribution in [2.24, 2.45) is 11.7 Å². The Morgan fingerprint density at radius 2 is 2.20 bits per heavy atom. The van der Waals surface area contributed by atoms with Crippen molar-refractivity contribution in [1.29, 1.82) is 0 Å². The number of nitrogens with two attached hydrogens (primary N) is 1. The van der Waals surface area contributed by atoms with Gasteiger partial charge in [-0.1, -0.05) is 12.8 Å². The number of hydrogen-bond acceptors (Lipinski definition) is 4. The Balaban J connectivity index is 1.94. The molecule has 5 heteroatoms. The Morgan fingerprint density at radius 1 is 1.45 bits per heavy atom. The average Bonchev–Trinajstić information content (AvgIpc) is 2.46. The fraction of sp³-hybridized carbons (Fsp3) is 0.533. The third kappa shape index (κ3) is 3.42. The highest BCUT2D eigenvalue weighted by atomic mass is 16.5.